The van der Waals surface area contributed by atoms with Crippen LogP contribution in [0.1, 0.15) is 31.5 Å². The number of likely N-dealkylation sites (tertiary alicyclic amines) is 1. The average molecular weight is 391 g/mol. The van der Waals surface area contributed by atoms with Gasteiger partial charge in [-0.2, -0.15) is 0 Å². The Hall–Kier alpha value is -2.61. The molecule has 0 bridgehead atoms. The lowest BCUT2D eigenvalue weighted by Crippen LogP contribution is -2.52. The summed E-state index contributed by atoms with van der Waals surface area (Å²) in [6.07, 6.45) is 5.54. The number of allylic oxidation sites excluding steroid dienone is 1. The number of aromatic nitrogens is 2. The van der Waals surface area contributed by atoms with Crippen LogP contribution in [0.3, 0.4) is 0 Å². The van der Waals surface area contributed by atoms with Crippen molar-refractivity contribution in [1.29, 1.82) is 0 Å². The predicted molar refractivity (Wildman–Crippen MR) is 102 cm³/mol. The quantitative estimate of drug-likeness (QED) is 0.749. The molecule has 142 valence electrons. The summed E-state index contributed by atoms with van der Waals surface area (Å²) in [5.41, 5.74) is 1.48. The molecule has 7 nitrogen and oxygen atoms in total. The van der Waals surface area contributed by atoms with Crippen molar-refractivity contribution in [2.75, 3.05) is 13.1 Å². The molecule has 2 aliphatic rings. The Labute approximate surface area is 160 Å². The van der Waals surface area contributed by atoms with Gasteiger partial charge in [-0.3, -0.25) is 9.79 Å². The maximum absolute atomic E-state index is 14.3. The van der Waals surface area contributed by atoms with Crippen LogP contribution in [-0.4, -0.2) is 46.1 Å². The molecule has 9 heteroatoms. The summed E-state index contributed by atoms with van der Waals surface area (Å²) in [7, 11) is 0. The first-order chi connectivity index (χ1) is 13.1. The minimum atomic E-state index is -0.524. The molecule has 0 aliphatic carbocycles. The van der Waals surface area contributed by atoms with Crippen molar-refractivity contribution in [3.8, 4) is 0 Å². The number of piperidine rings is 1. The van der Waals surface area contributed by atoms with Crippen LogP contribution in [-0.2, 0) is 4.79 Å². The first-order valence-corrected chi connectivity index (χ1v) is 9.32. The topological polar surface area (TPSA) is 85.4 Å². The molecule has 1 amide bonds. The molecule has 1 unspecified atom stereocenters. The second kappa shape index (κ2) is 7.19. The number of aliphatic imine (C=N–C) groups is 1. The van der Waals surface area contributed by atoms with Gasteiger partial charge in [-0.1, -0.05) is 11.6 Å². The molecule has 1 fully saturated rings. The summed E-state index contributed by atoms with van der Waals surface area (Å²) >= 11 is 6.05. The lowest BCUT2D eigenvalue weighted by Gasteiger charge is -2.34. The zero-order valence-corrected chi connectivity index (χ0v) is 15.6. The molecule has 2 aromatic heterocycles. The average Bonchev–Trinajstić information content (AvgIpc) is 3.08. The summed E-state index contributed by atoms with van der Waals surface area (Å²) in [5.74, 6) is -0.354. The number of hydrogen-bond donors (Lipinski definition) is 3. The standard InChI is InChI=1S/C18H20ClFN6O/c1-2-26-5-3-4-14(18(26)27)24-17-13(20)9-23-16(25-17)12-8-22-15-11(12)6-10(19)7-21-15/h6-9,14,16,24-25H,2-5H2,1H3,(H,21,22)/t14-,16?/m0/s1. The number of carbonyl (C=O) groups is 1. The van der Waals surface area contributed by atoms with E-state index in [0.29, 0.717) is 23.6 Å². The van der Waals surface area contributed by atoms with Crippen LogP contribution in [0.15, 0.2) is 35.1 Å². The van der Waals surface area contributed by atoms with E-state index in [1.54, 1.807) is 23.4 Å². The van der Waals surface area contributed by atoms with Crippen LogP contribution in [0, 0.1) is 0 Å². The number of hydrogen-bond acceptors (Lipinski definition) is 5. The van der Waals surface area contributed by atoms with Gasteiger partial charge in [0.15, 0.2) is 5.83 Å². The van der Waals surface area contributed by atoms with Gasteiger partial charge in [0.1, 0.15) is 23.7 Å². The highest BCUT2D eigenvalue weighted by atomic mass is 35.5. The van der Waals surface area contributed by atoms with Gasteiger partial charge in [-0.15, -0.1) is 0 Å². The van der Waals surface area contributed by atoms with Crippen LogP contribution in [0.4, 0.5) is 4.39 Å². The van der Waals surface area contributed by atoms with Gasteiger partial charge in [0.05, 0.1) is 11.2 Å². The van der Waals surface area contributed by atoms with Crippen LogP contribution >= 0.6 is 11.6 Å². The Balaban J connectivity index is 1.55. The van der Waals surface area contributed by atoms with Crippen LogP contribution < -0.4 is 10.6 Å². The molecule has 1 saturated heterocycles. The molecule has 3 N–H and O–H groups in total. The minimum absolute atomic E-state index is 0.00649. The van der Waals surface area contributed by atoms with Gasteiger partial charge in [0, 0.05) is 36.4 Å². The lowest BCUT2D eigenvalue weighted by molar-refractivity contribution is -0.135. The molecule has 2 aromatic rings. The highest BCUT2D eigenvalue weighted by molar-refractivity contribution is 6.31. The third kappa shape index (κ3) is 3.37. The Kier molecular flexibility index (Phi) is 4.73. The van der Waals surface area contributed by atoms with Gasteiger partial charge >= 0.3 is 0 Å². The number of nitrogens with one attached hydrogen (secondary N) is 3. The number of amides is 1. The van der Waals surface area contributed by atoms with Gasteiger partial charge < -0.3 is 20.5 Å². The Bertz CT molecular complexity index is 939. The fourth-order valence-electron chi connectivity index (χ4n) is 3.50. The molecule has 4 rings (SSSR count). The zero-order valence-electron chi connectivity index (χ0n) is 14.8. The second-order valence-electron chi connectivity index (χ2n) is 6.60. The van der Waals surface area contributed by atoms with Crippen molar-refractivity contribution in [2.45, 2.75) is 32.0 Å². The number of pyridine rings is 1. The minimum Gasteiger partial charge on any atom is -0.358 e. The van der Waals surface area contributed by atoms with Gasteiger partial charge in [0.25, 0.3) is 0 Å². The Morgan fingerprint density at radius 2 is 2.33 bits per heavy atom. The number of carbonyl (C=O) groups excluding carboxylic acids is 1. The first-order valence-electron chi connectivity index (χ1n) is 8.94. The van der Waals surface area contributed by atoms with E-state index in [4.69, 9.17) is 11.6 Å². The maximum Gasteiger partial charge on any atom is 0.245 e. The van der Waals surface area contributed by atoms with Crippen molar-refractivity contribution >= 4 is 34.8 Å². The largest absolute Gasteiger partial charge is 0.358 e. The summed E-state index contributed by atoms with van der Waals surface area (Å²) in [4.78, 5) is 25.8. The fraction of sp³-hybridized carbons (Fsp3) is 0.389. The van der Waals surface area contributed by atoms with E-state index < -0.39 is 18.0 Å². The molecular formula is C18H20ClFN6O. The molecule has 2 atom stereocenters. The van der Waals surface area contributed by atoms with Crippen LogP contribution in [0.5, 0.6) is 0 Å². The number of likely N-dealkylation sites (N-methyl/N-ethyl adjacent to an activating group) is 1. The highest BCUT2D eigenvalue weighted by Crippen LogP contribution is 2.28. The van der Waals surface area contributed by atoms with Crippen molar-refractivity contribution in [1.82, 2.24) is 25.5 Å². The molecule has 27 heavy (non-hydrogen) atoms. The van der Waals surface area contributed by atoms with E-state index in [1.165, 1.54) is 6.21 Å². The maximum atomic E-state index is 14.3. The molecule has 0 aromatic carbocycles. The number of rotatable bonds is 4. The van der Waals surface area contributed by atoms with E-state index in [9.17, 15) is 9.18 Å². The number of halogens is 2. The monoisotopic (exact) mass is 390 g/mol. The smallest absolute Gasteiger partial charge is 0.245 e. The SMILES string of the molecule is CCN1CCC[C@H](NC2=C(F)C=NC(c3c[nH]c4ncc(Cl)cc34)N2)C1=O. The van der Waals surface area contributed by atoms with E-state index >= 15 is 0 Å². The summed E-state index contributed by atoms with van der Waals surface area (Å²) < 4.78 is 14.3. The third-order valence-corrected chi connectivity index (χ3v) is 5.12. The van der Waals surface area contributed by atoms with Gasteiger partial charge in [-0.25, -0.2) is 9.37 Å². The van der Waals surface area contributed by atoms with Gasteiger partial charge in [0.2, 0.25) is 5.91 Å². The van der Waals surface area contributed by atoms with Crippen LogP contribution in [0.2, 0.25) is 5.02 Å². The van der Waals surface area contributed by atoms with Crippen LogP contribution in [0.25, 0.3) is 11.0 Å². The van der Waals surface area contributed by atoms with Gasteiger partial charge in [-0.05, 0) is 25.8 Å². The summed E-state index contributed by atoms with van der Waals surface area (Å²) in [6.45, 7) is 3.34. The molecule has 0 spiro atoms. The molecular weight excluding hydrogens is 371 g/mol. The van der Waals surface area contributed by atoms with Crippen molar-refractivity contribution in [3.05, 3.63) is 40.7 Å². The number of nitrogens with zero attached hydrogens (tertiary/aromatic N) is 3. The van der Waals surface area contributed by atoms with Crippen molar-refractivity contribution in [3.63, 3.8) is 0 Å². The zero-order chi connectivity index (χ0) is 19.0. The van der Waals surface area contributed by atoms with E-state index in [2.05, 4.69) is 25.6 Å². The van der Waals surface area contributed by atoms with Crippen molar-refractivity contribution < 1.29 is 9.18 Å². The number of H-pyrrole nitrogens is 1. The highest BCUT2D eigenvalue weighted by Gasteiger charge is 2.30. The first kappa shape index (κ1) is 17.8. The number of fused-ring (bicyclic) bond motifs is 1. The molecule has 2 aliphatic heterocycles. The molecule has 4 heterocycles. The summed E-state index contributed by atoms with van der Waals surface area (Å²) in [5, 5.41) is 7.40. The van der Waals surface area contributed by atoms with E-state index in [0.717, 1.165) is 23.9 Å². The summed E-state index contributed by atoms with van der Waals surface area (Å²) in [6, 6.07) is 1.34. The number of aromatic amines is 1. The predicted octanol–water partition coefficient (Wildman–Crippen LogP) is 2.63. The van der Waals surface area contributed by atoms with E-state index in [1.807, 2.05) is 6.92 Å². The Morgan fingerprint density at radius 1 is 1.48 bits per heavy atom. The van der Waals surface area contributed by atoms with E-state index in [-0.39, 0.29) is 11.7 Å². The second-order valence-corrected chi connectivity index (χ2v) is 7.04. The third-order valence-electron chi connectivity index (χ3n) is 4.91. The molecule has 0 radical (unpaired) electrons. The lowest BCUT2D eigenvalue weighted by atomic mass is 10.0. The molecule has 0 saturated carbocycles. The van der Waals surface area contributed by atoms with Crippen molar-refractivity contribution in [2.24, 2.45) is 4.99 Å². The normalized spacial score (nSPS) is 23.1. The Morgan fingerprint density at radius 3 is 3.15 bits per heavy atom. The fourth-order valence-corrected chi connectivity index (χ4v) is 3.66.